The minimum absolute atomic E-state index is 0.0667. The molecule has 1 aromatic heterocycles. The van der Waals surface area contributed by atoms with E-state index < -0.39 is 0 Å². The fourth-order valence-corrected chi connectivity index (χ4v) is 2.76. The van der Waals surface area contributed by atoms with E-state index in [4.69, 9.17) is 10.2 Å². The Morgan fingerprint density at radius 3 is 2.70 bits per heavy atom. The van der Waals surface area contributed by atoms with Gasteiger partial charge >= 0.3 is 0 Å². The number of nitrogens with two attached hydrogens (primary N) is 1. The molecule has 2 rings (SSSR count). The first-order chi connectivity index (χ1) is 9.58. The lowest BCUT2D eigenvalue weighted by atomic mass is 10.0. The van der Waals surface area contributed by atoms with E-state index in [0.717, 1.165) is 18.6 Å². The van der Waals surface area contributed by atoms with Crippen LogP contribution in [0.1, 0.15) is 51.7 Å². The van der Waals surface area contributed by atoms with Crippen molar-refractivity contribution in [3.8, 4) is 0 Å². The van der Waals surface area contributed by atoms with E-state index in [-0.39, 0.29) is 11.9 Å². The maximum Gasteiger partial charge on any atom is 0.224 e. The number of rotatable bonds is 6. The van der Waals surface area contributed by atoms with Gasteiger partial charge in [-0.05, 0) is 30.9 Å². The van der Waals surface area contributed by atoms with E-state index in [1.807, 2.05) is 17.0 Å². The van der Waals surface area contributed by atoms with E-state index in [0.29, 0.717) is 24.9 Å². The number of amides is 1. The molecular weight excluding hydrogens is 252 g/mol. The molecule has 1 saturated carbocycles. The zero-order chi connectivity index (χ0) is 14.5. The molecular formula is C16H26N2O2. The summed E-state index contributed by atoms with van der Waals surface area (Å²) in [5.74, 6) is 1.34. The summed E-state index contributed by atoms with van der Waals surface area (Å²) in [7, 11) is 0. The Morgan fingerprint density at radius 1 is 1.45 bits per heavy atom. The van der Waals surface area contributed by atoms with Gasteiger partial charge in [0.1, 0.15) is 5.76 Å². The molecule has 0 aliphatic heterocycles. The third kappa shape index (κ3) is 3.85. The molecule has 2 N–H and O–H groups in total. The van der Waals surface area contributed by atoms with Gasteiger partial charge in [-0.15, -0.1) is 0 Å². The minimum Gasteiger partial charge on any atom is -0.467 e. The van der Waals surface area contributed by atoms with E-state index >= 15 is 0 Å². The summed E-state index contributed by atoms with van der Waals surface area (Å²) < 4.78 is 5.40. The molecule has 0 bridgehead atoms. The normalized spacial score (nSPS) is 17.6. The van der Waals surface area contributed by atoms with Crippen LogP contribution in [-0.2, 0) is 11.3 Å². The van der Waals surface area contributed by atoms with Crippen molar-refractivity contribution in [1.82, 2.24) is 4.90 Å². The van der Waals surface area contributed by atoms with Crippen molar-refractivity contribution in [3.05, 3.63) is 24.2 Å². The SMILES string of the molecule is CC(C)C(N)CC(=O)N(Cc1ccco1)C1CCCC1. The summed E-state index contributed by atoms with van der Waals surface area (Å²) in [6.45, 7) is 4.69. The summed E-state index contributed by atoms with van der Waals surface area (Å²) in [5.41, 5.74) is 6.06. The average molecular weight is 278 g/mol. The molecule has 4 heteroatoms. The summed E-state index contributed by atoms with van der Waals surface area (Å²) in [4.78, 5) is 14.6. The van der Waals surface area contributed by atoms with Crippen LogP contribution in [0.4, 0.5) is 0 Å². The number of carbonyl (C=O) groups is 1. The van der Waals surface area contributed by atoms with Gasteiger partial charge in [-0.25, -0.2) is 0 Å². The van der Waals surface area contributed by atoms with E-state index in [1.165, 1.54) is 12.8 Å². The Morgan fingerprint density at radius 2 is 2.15 bits per heavy atom. The minimum atomic E-state index is -0.0667. The van der Waals surface area contributed by atoms with Crippen molar-refractivity contribution in [2.45, 2.75) is 64.6 Å². The number of furan rings is 1. The zero-order valence-corrected chi connectivity index (χ0v) is 12.5. The molecule has 0 radical (unpaired) electrons. The highest BCUT2D eigenvalue weighted by Gasteiger charge is 2.28. The highest BCUT2D eigenvalue weighted by atomic mass is 16.3. The quantitative estimate of drug-likeness (QED) is 0.870. The van der Waals surface area contributed by atoms with Gasteiger partial charge in [-0.1, -0.05) is 26.7 Å². The van der Waals surface area contributed by atoms with Crippen LogP contribution in [0.25, 0.3) is 0 Å². The second-order valence-corrected chi connectivity index (χ2v) is 6.15. The Hall–Kier alpha value is -1.29. The highest BCUT2D eigenvalue weighted by Crippen LogP contribution is 2.26. The highest BCUT2D eigenvalue weighted by molar-refractivity contribution is 5.77. The van der Waals surface area contributed by atoms with Gasteiger partial charge in [0, 0.05) is 18.5 Å². The topological polar surface area (TPSA) is 59.5 Å². The molecule has 112 valence electrons. The van der Waals surface area contributed by atoms with Crippen LogP contribution in [0, 0.1) is 5.92 Å². The lowest BCUT2D eigenvalue weighted by molar-refractivity contribution is -0.135. The van der Waals surface area contributed by atoms with Crippen molar-refractivity contribution in [2.24, 2.45) is 11.7 Å². The van der Waals surface area contributed by atoms with Crippen LogP contribution in [0.2, 0.25) is 0 Å². The first-order valence-corrected chi connectivity index (χ1v) is 7.65. The number of nitrogens with zero attached hydrogens (tertiary/aromatic N) is 1. The van der Waals surface area contributed by atoms with Crippen LogP contribution in [0.3, 0.4) is 0 Å². The average Bonchev–Trinajstić information content (AvgIpc) is 3.08. The molecule has 1 unspecified atom stereocenters. The van der Waals surface area contributed by atoms with Gasteiger partial charge in [0.25, 0.3) is 0 Å². The second kappa shape index (κ2) is 6.93. The molecule has 1 atom stereocenters. The predicted octanol–water partition coefficient (Wildman–Crippen LogP) is 2.92. The van der Waals surface area contributed by atoms with Gasteiger partial charge < -0.3 is 15.1 Å². The molecule has 1 aliphatic carbocycles. The number of hydrogen-bond donors (Lipinski definition) is 1. The Kier molecular flexibility index (Phi) is 5.24. The summed E-state index contributed by atoms with van der Waals surface area (Å²) in [6.07, 6.45) is 6.71. The van der Waals surface area contributed by atoms with Crippen molar-refractivity contribution >= 4 is 5.91 Å². The van der Waals surface area contributed by atoms with Crippen molar-refractivity contribution in [2.75, 3.05) is 0 Å². The van der Waals surface area contributed by atoms with Crippen molar-refractivity contribution in [3.63, 3.8) is 0 Å². The summed E-state index contributed by atoms with van der Waals surface area (Å²) in [6, 6.07) is 4.08. The standard InChI is InChI=1S/C16H26N2O2/c1-12(2)15(17)10-16(19)18(13-6-3-4-7-13)11-14-8-5-9-20-14/h5,8-9,12-13,15H,3-4,6-7,10-11,17H2,1-2H3. The van der Waals surface area contributed by atoms with Crippen LogP contribution in [0.15, 0.2) is 22.8 Å². The van der Waals surface area contributed by atoms with Gasteiger partial charge in [0.15, 0.2) is 0 Å². The number of hydrogen-bond acceptors (Lipinski definition) is 3. The molecule has 1 aromatic rings. The van der Waals surface area contributed by atoms with Crippen LogP contribution >= 0.6 is 0 Å². The lowest BCUT2D eigenvalue weighted by Crippen LogP contribution is -2.42. The first-order valence-electron chi connectivity index (χ1n) is 7.65. The molecule has 0 aromatic carbocycles. The van der Waals surface area contributed by atoms with E-state index in [2.05, 4.69) is 13.8 Å². The molecule has 4 nitrogen and oxygen atoms in total. The molecule has 1 aliphatic rings. The molecule has 1 heterocycles. The Balaban J connectivity index is 2.03. The maximum atomic E-state index is 12.6. The fraction of sp³-hybridized carbons (Fsp3) is 0.688. The molecule has 1 fully saturated rings. The van der Waals surface area contributed by atoms with E-state index in [9.17, 15) is 4.79 Å². The Labute approximate surface area is 121 Å². The van der Waals surface area contributed by atoms with Gasteiger partial charge in [0.2, 0.25) is 5.91 Å². The smallest absolute Gasteiger partial charge is 0.224 e. The monoisotopic (exact) mass is 278 g/mol. The lowest BCUT2D eigenvalue weighted by Gasteiger charge is -2.30. The van der Waals surface area contributed by atoms with E-state index in [1.54, 1.807) is 6.26 Å². The van der Waals surface area contributed by atoms with Gasteiger partial charge in [-0.3, -0.25) is 4.79 Å². The molecule has 0 saturated heterocycles. The predicted molar refractivity (Wildman–Crippen MR) is 78.9 cm³/mol. The van der Waals surface area contributed by atoms with Gasteiger partial charge in [0.05, 0.1) is 12.8 Å². The molecule has 20 heavy (non-hydrogen) atoms. The molecule has 1 amide bonds. The van der Waals surface area contributed by atoms with Crippen LogP contribution < -0.4 is 5.73 Å². The van der Waals surface area contributed by atoms with Crippen molar-refractivity contribution < 1.29 is 9.21 Å². The summed E-state index contributed by atoms with van der Waals surface area (Å²) >= 11 is 0. The third-order valence-electron chi connectivity index (χ3n) is 4.26. The fourth-order valence-electron chi connectivity index (χ4n) is 2.76. The van der Waals surface area contributed by atoms with Crippen molar-refractivity contribution in [1.29, 1.82) is 0 Å². The summed E-state index contributed by atoms with van der Waals surface area (Å²) in [5, 5.41) is 0. The maximum absolute atomic E-state index is 12.6. The molecule has 0 spiro atoms. The van der Waals surface area contributed by atoms with Crippen LogP contribution in [-0.4, -0.2) is 22.9 Å². The zero-order valence-electron chi connectivity index (χ0n) is 12.5. The Bertz CT molecular complexity index is 408. The van der Waals surface area contributed by atoms with Gasteiger partial charge in [-0.2, -0.15) is 0 Å². The third-order valence-corrected chi connectivity index (χ3v) is 4.26. The van der Waals surface area contributed by atoms with Crippen LogP contribution in [0.5, 0.6) is 0 Å². The second-order valence-electron chi connectivity index (χ2n) is 6.15. The number of carbonyl (C=O) groups excluding carboxylic acids is 1. The first kappa shape index (κ1) is 15.1. The largest absolute Gasteiger partial charge is 0.467 e.